The Balaban J connectivity index is 1.94. The highest BCUT2D eigenvalue weighted by molar-refractivity contribution is 4.71. The van der Waals surface area contributed by atoms with Gasteiger partial charge in [0.2, 0.25) is 0 Å². The van der Waals surface area contributed by atoms with Crippen LogP contribution < -0.4 is 5.48 Å². The summed E-state index contributed by atoms with van der Waals surface area (Å²) in [5.41, 5.74) is 3.00. The molecule has 0 aromatic carbocycles. The molecule has 1 saturated carbocycles. The van der Waals surface area contributed by atoms with E-state index in [0.717, 1.165) is 25.7 Å². The van der Waals surface area contributed by atoms with Crippen molar-refractivity contribution in [2.24, 2.45) is 5.92 Å². The first-order valence-electron chi connectivity index (χ1n) is 6.33. The van der Waals surface area contributed by atoms with Crippen LogP contribution in [0.25, 0.3) is 0 Å². The molecule has 0 aromatic rings. The van der Waals surface area contributed by atoms with Gasteiger partial charge in [-0.05, 0) is 38.5 Å². The van der Waals surface area contributed by atoms with Gasteiger partial charge in [-0.25, -0.2) is 0 Å². The van der Waals surface area contributed by atoms with E-state index in [-0.39, 0.29) is 0 Å². The Morgan fingerprint density at radius 1 is 1.13 bits per heavy atom. The molecule has 3 heteroatoms. The lowest BCUT2D eigenvalue weighted by atomic mass is 9.86. The number of rotatable bonds is 7. The van der Waals surface area contributed by atoms with Crippen molar-refractivity contribution in [2.75, 3.05) is 19.8 Å². The molecular formula is C12H25NO2. The summed E-state index contributed by atoms with van der Waals surface area (Å²) in [7, 11) is 0. The fraction of sp³-hybridized carbons (Fsp3) is 1.00. The van der Waals surface area contributed by atoms with Crippen molar-refractivity contribution in [3.8, 4) is 0 Å². The molecule has 0 aliphatic heterocycles. The summed E-state index contributed by atoms with van der Waals surface area (Å²) in [5, 5.41) is 0. The highest BCUT2D eigenvalue weighted by atomic mass is 16.7. The van der Waals surface area contributed by atoms with Gasteiger partial charge in [-0.2, -0.15) is 5.48 Å². The summed E-state index contributed by atoms with van der Waals surface area (Å²) < 4.78 is 5.21. The van der Waals surface area contributed by atoms with Crippen molar-refractivity contribution in [3.63, 3.8) is 0 Å². The SMILES string of the molecule is CCOCCNOC1CCC(CC)CC1. The molecule has 1 rings (SSSR count). The minimum absolute atomic E-state index is 0.425. The lowest BCUT2D eigenvalue weighted by Crippen LogP contribution is -2.30. The van der Waals surface area contributed by atoms with E-state index < -0.39 is 0 Å². The van der Waals surface area contributed by atoms with E-state index >= 15 is 0 Å². The number of hydrogen-bond donors (Lipinski definition) is 1. The van der Waals surface area contributed by atoms with Gasteiger partial charge in [0, 0.05) is 13.2 Å². The van der Waals surface area contributed by atoms with Gasteiger partial charge >= 0.3 is 0 Å². The van der Waals surface area contributed by atoms with Crippen molar-refractivity contribution in [2.45, 2.75) is 52.1 Å². The Bertz CT molecular complexity index is 145. The Morgan fingerprint density at radius 3 is 2.47 bits per heavy atom. The Morgan fingerprint density at radius 2 is 1.87 bits per heavy atom. The summed E-state index contributed by atoms with van der Waals surface area (Å²) in [6, 6.07) is 0. The van der Waals surface area contributed by atoms with Crippen LogP contribution in [0.2, 0.25) is 0 Å². The zero-order valence-corrected chi connectivity index (χ0v) is 10.1. The predicted molar refractivity (Wildman–Crippen MR) is 61.6 cm³/mol. The minimum Gasteiger partial charge on any atom is -0.380 e. The summed E-state index contributed by atoms with van der Waals surface area (Å²) in [6.07, 6.45) is 6.82. The zero-order chi connectivity index (χ0) is 10.9. The fourth-order valence-corrected chi connectivity index (χ4v) is 2.09. The third kappa shape index (κ3) is 5.50. The first-order chi connectivity index (χ1) is 7.36. The molecule has 0 bridgehead atoms. The Labute approximate surface area is 93.5 Å². The second-order valence-corrected chi connectivity index (χ2v) is 4.26. The van der Waals surface area contributed by atoms with Gasteiger partial charge in [-0.15, -0.1) is 0 Å². The van der Waals surface area contributed by atoms with E-state index in [2.05, 4.69) is 12.4 Å². The van der Waals surface area contributed by atoms with Crippen molar-refractivity contribution in [1.82, 2.24) is 5.48 Å². The van der Waals surface area contributed by atoms with Crippen LogP contribution in [-0.4, -0.2) is 25.9 Å². The second kappa shape index (κ2) is 8.08. The Hall–Kier alpha value is -0.120. The van der Waals surface area contributed by atoms with Crippen molar-refractivity contribution in [1.29, 1.82) is 0 Å². The van der Waals surface area contributed by atoms with Crippen LogP contribution in [0.4, 0.5) is 0 Å². The first-order valence-corrected chi connectivity index (χ1v) is 6.33. The molecule has 0 aromatic heterocycles. The zero-order valence-electron chi connectivity index (χ0n) is 10.1. The van der Waals surface area contributed by atoms with Gasteiger partial charge in [-0.3, -0.25) is 4.84 Å². The van der Waals surface area contributed by atoms with Crippen LogP contribution in [0.5, 0.6) is 0 Å². The summed E-state index contributed by atoms with van der Waals surface area (Å²) in [4.78, 5) is 5.59. The largest absolute Gasteiger partial charge is 0.380 e. The molecule has 0 unspecified atom stereocenters. The molecule has 0 spiro atoms. The van der Waals surface area contributed by atoms with Gasteiger partial charge in [0.15, 0.2) is 0 Å². The molecule has 90 valence electrons. The second-order valence-electron chi connectivity index (χ2n) is 4.26. The highest BCUT2D eigenvalue weighted by Gasteiger charge is 2.20. The number of hydroxylamine groups is 1. The summed E-state index contributed by atoms with van der Waals surface area (Å²) >= 11 is 0. The van der Waals surface area contributed by atoms with Crippen LogP contribution in [0.1, 0.15) is 46.0 Å². The van der Waals surface area contributed by atoms with Gasteiger partial charge in [0.1, 0.15) is 0 Å². The van der Waals surface area contributed by atoms with Gasteiger partial charge in [0.25, 0.3) is 0 Å². The summed E-state index contributed by atoms with van der Waals surface area (Å²) in [6.45, 7) is 6.60. The van der Waals surface area contributed by atoms with Gasteiger partial charge < -0.3 is 4.74 Å². The molecule has 0 heterocycles. The molecule has 0 atom stereocenters. The molecule has 1 N–H and O–H groups in total. The van der Waals surface area contributed by atoms with Crippen LogP contribution in [0.3, 0.4) is 0 Å². The van der Waals surface area contributed by atoms with Gasteiger partial charge in [0.05, 0.1) is 12.7 Å². The third-order valence-corrected chi connectivity index (χ3v) is 3.17. The van der Waals surface area contributed by atoms with Crippen molar-refractivity contribution >= 4 is 0 Å². The third-order valence-electron chi connectivity index (χ3n) is 3.17. The standard InChI is InChI=1S/C12H25NO2/c1-3-11-5-7-12(8-6-11)15-13-9-10-14-4-2/h11-13H,3-10H2,1-2H3. The van der Waals surface area contributed by atoms with Gasteiger partial charge in [-0.1, -0.05) is 13.3 Å². The topological polar surface area (TPSA) is 30.5 Å². The normalized spacial score (nSPS) is 26.8. The smallest absolute Gasteiger partial charge is 0.0790 e. The quantitative estimate of drug-likeness (QED) is 0.523. The molecule has 0 saturated heterocycles. The Kier molecular flexibility index (Phi) is 6.98. The molecule has 3 nitrogen and oxygen atoms in total. The number of hydrogen-bond acceptors (Lipinski definition) is 3. The molecule has 15 heavy (non-hydrogen) atoms. The minimum atomic E-state index is 0.425. The van der Waals surface area contributed by atoms with Crippen LogP contribution in [-0.2, 0) is 9.57 Å². The first kappa shape index (κ1) is 12.9. The van der Waals surface area contributed by atoms with Crippen LogP contribution in [0, 0.1) is 5.92 Å². The van der Waals surface area contributed by atoms with E-state index in [4.69, 9.17) is 9.57 Å². The lowest BCUT2D eigenvalue weighted by molar-refractivity contribution is -0.0555. The fourth-order valence-electron chi connectivity index (χ4n) is 2.09. The van der Waals surface area contributed by atoms with Crippen LogP contribution >= 0.6 is 0 Å². The van der Waals surface area contributed by atoms with Crippen LogP contribution in [0.15, 0.2) is 0 Å². The van der Waals surface area contributed by atoms with E-state index in [1.807, 2.05) is 6.92 Å². The van der Waals surface area contributed by atoms with E-state index in [0.29, 0.717) is 6.10 Å². The maximum atomic E-state index is 5.59. The maximum Gasteiger partial charge on any atom is 0.0790 e. The average molecular weight is 215 g/mol. The molecule has 0 radical (unpaired) electrons. The van der Waals surface area contributed by atoms with Crippen molar-refractivity contribution < 1.29 is 9.57 Å². The average Bonchev–Trinajstić information content (AvgIpc) is 2.30. The number of ether oxygens (including phenoxy) is 1. The molecule has 1 aliphatic rings. The maximum absolute atomic E-state index is 5.59. The highest BCUT2D eigenvalue weighted by Crippen LogP contribution is 2.27. The predicted octanol–water partition coefficient (Wildman–Crippen LogP) is 2.51. The molecule has 0 amide bonds. The summed E-state index contributed by atoms with van der Waals surface area (Å²) in [5.74, 6) is 0.938. The van der Waals surface area contributed by atoms with E-state index in [9.17, 15) is 0 Å². The van der Waals surface area contributed by atoms with E-state index in [1.54, 1.807) is 0 Å². The van der Waals surface area contributed by atoms with E-state index in [1.165, 1.54) is 32.1 Å². The molecule has 1 aliphatic carbocycles. The lowest BCUT2D eigenvalue weighted by Gasteiger charge is -2.27. The molecular weight excluding hydrogens is 190 g/mol. The number of nitrogens with one attached hydrogen (secondary N) is 1. The monoisotopic (exact) mass is 215 g/mol. The molecule has 1 fully saturated rings. The van der Waals surface area contributed by atoms with Crippen molar-refractivity contribution in [3.05, 3.63) is 0 Å².